The van der Waals surface area contributed by atoms with Crippen LogP contribution in [0.25, 0.3) is 10.9 Å². The second-order valence-corrected chi connectivity index (χ2v) is 8.68. The normalized spacial score (nSPS) is 14.6. The Morgan fingerprint density at radius 1 is 1.00 bits per heavy atom. The number of fused-ring (bicyclic) bond motifs is 1. The van der Waals surface area contributed by atoms with E-state index in [1.54, 1.807) is 12.4 Å². The molecule has 162 valence electrons. The number of rotatable bonds is 5. The summed E-state index contributed by atoms with van der Waals surface area (Å²) in [5.74, 6) is 0.0949. The number of carbonyl (C=O) groups excluding carboxylic acids is 1. The minimum Gasteiger partial charge on any atom is -0.382 e. The fourth-order valence-electron chi connectivity index (χ4n) is 4.40. The topological polar surface area (TPSA) is 50.2 Å². The lowest BCUT2D eigenvalue weighted by atomic mass is 10.0. The summed E-state index contributed by atoms with van der Waals surface area (Å²) < 4.78 is 2.13. The van der Waals surface area contributed by atoms with Crippen LogP contribution in [0.3, 0.4) is 0 Å². The molecule has 4 aromatic rings. The third-order valence-corrected chi connectivity index (χ3v) is 6.37. The number of anilines is 1. The lowest BCUT2D eigenvalue weighted by molar-refractivity contribution is 0.0708. The Morgan fingerprint density at radius 2 is 1.72 bits per heavy atom. The van der Waals surface area contributed by atoms with Crippen LogP contribution in [0.15, 0.2) is 79.1 Å². The van der Waals surface area contributed by atoms with E-state index in [0.29, 0.717) is 17.6 Å². The first-order valence-electron chi connectivity index (χ1n) is 11.0. The van der Waals surface area contributed by atoms with Crippen LogP contribution >= 0.6 is 11.6 Å². The van der Waals surface area contributed by atoms with Crippen LogP contribution in [0, 0.1) is 0 Å². The minimum absolute atomic E-state index is 0.0949. The first-order chi connectivity index (χ1) is 15.7. The van der Waals surface area contributed by atoms with E-state index in [1.165, 1.54) is 0 Å². The van der Waals surface area contributed by atoms with E-state index >= 15 is 0 Å². The smallest absolute Gasteiger partial charge is 0.270 e. The average molecular weight is 445 g/mol. The average Bonchev–Trinajstić information content (AvgIpc) is 3.19. The summed E-state index contributed by atoms with van der Waals surface area (Å²) in [4.78, 5) is 19.6. The van der Waals surface area contributed by atoms with E-state index in [0.717, 1.165) is 53.8 Å². The molecular weight excluding hydrogens is 420 g/mol. The number of carbonyl (C=O) groups is 1. The first-order valence-corrected chi connectivity index (χ1v) is 11.3. The Balaban J connectivity index is 1.35. The fourth-order valence-corrected chi connectivity index (χ4v) is 4.53. The summed E-state index contributed by atoms with van der Waals surface area (Å²) in [6.45, 7) is 2.11. The Kier molecular flexibility index (Phi) is 5.82. The number of benzene rings is 2. The molecule has 1 N–H and O–H groups in total. The zero-order valence-electron chi connectivity index (χ0n) is 17.7. The summed E-state index contributed by atoms with van der Waals surface area (Å²) >= 11 is 6.06. The molecule has 0 spiro atoms. The Bertz CT molecular complexity index is 1210. The molecule has 2 aromatic heterocycles. The van der Waals surface area contributed by atoms with E-state index in [9.17, 15) is 4.79 Å². The molecule has 1 amide bonds. The van der Waals surface area contributed by atoms with Gasteiger partial charge in [-0.3, -0.25) is 9.78 Å². The maximum absolute atomic E-state index is 13.6. The molecule has 1 fully saturated rings. The molecule has 0 saturated carbocycles. The number of pyridine rings is 1. The lowest BCUT2D eigenvalue weighted by Gasteiger charge is -2.33. The highest BCUT2D eigenvalue weighted by atomic mass is 35.5. The van der Waals surface area contributed by atoms with E-state index in [-0.39, 0.29) is 5.91 Å². The van der Waals surface area contributed by atoms with Crippen LogP contribution in [0.4, 0.5) is 5.69 Å². The van der Waals surface area contributed by atoms with Crippen molar-refractivity contribution in [3.05, 3.63) is 95.4 Å². The summed E-state index contributed by atoms with van der Waals surface area (Å²) in [5.41, 5.74) is 4.00. The molecule has 5 nitrogen and oxygen atoms in total. The summed E-state index contributed by atoms with van der Waals surface area (Å²) in [6.07, 6.45) is 5.43. The van der Waals surface area contributed by atoms with Crippen molar-refractivity contribution in [2.45, 2.75) is 25.4 Å². The molecule has 3 heterocycles. The van der Waals surface area contributed by atoms with Crippen molar-refractivity contribution in [1.29, 1.82) is 0 Å². The van der Waals surface area contributed by atoms with Crippen LogP contribution in [0.2, 0.25) is 5.02 Å². The van der Waals surface area contributed by atoms with Gasteiger partial charge < -0.3 is 14.8 Å². The zero-order chi connectivity index (χ0) is 21.9. The number of hydrogen-bond donors (Lipinski definition) is 1. The molecule has 5 rings (SSSR count). The summed E-state index contributed by atoms with van der Waals surface area (Å²) in [6, 6.07) is 22.3. The van der Waals surface area contributed by atoms with Crippen molar-refractivity contribution < 1.29 is 4.79 Å². The molecule has 0 unspecified atom stereocenters. The van der Waals surface area contributed by atoms with Crippen molar-refractivity contribution in [3.63, 3.8) is 0 Å². The molecule has 0 atom stereocenters. The minimum atomic E-state index is 0.0949. The summed E-state index contributed by atoms with van der Waals surface area (Å²) in [5, 5.41) is 5.35. The number of likely N-dealkylation sites (tertiary alicyclic amines) is 1. The number of nitrogens with zero attached hydrogens (tertiary/aromatic N) is 3. The van der Waals surface area contributed by atoms with Gasteiger partial charge in [0.05, 0.1) is 0 Å². The quantitative estimate of drug-likeness (QED) is 0.445. The van der Waals surface area contributed by atoms with Crippen molar-refractivity contribution in [2.24, 2.45) is 0 Å². The lowest BCUT2D eigenvalue weighted by Crippen LogP contribution is -2.43. The molecule has 6 heteroatoms. The summed E-state index contributed by atoms with van der Waals surface area (Å²) in [7, 11) is 0. The van der Waals surface area contributed by atoms with Gasteiger partial charge in [0.2, 0.25) is 0 Å². The highest BCUT2D eigenvalue weighted by Crippen LogP contribution is 2.25. The number of nitrogens with one attached hydrogen (secondary N) is 1. The molecule has 0 bridgehead atoms. The Hall–Kier alpha value is -3.31. The molecule has 1 saturated heterocycles. The van der Waals surface area contributed by atoms with Gasteiger partial charge in [-0.15, -0.1) is 0 Å². The van der Waals surface area contributed by atoms with Gasteiger partial charge in [-0.25, -0.2) is 0 Å². The van der Waals surface area contributed by atoms with Crippen LogP contribution in [0.5, 0.6) is 0 Å². The van der Waals surface area contributed by atoms with Gasteiger partial charge in [-0.2, -0.15) is 0 Å². The van der Waals surface area contributed by atoms with Crippen LogP contribution in [-0.4, -0.2) is 39.5 Å². The SMILES string of the molecule is O=C(c1cc2ccccc2n1Cc1ccc(Cl)cc1)N1CCC(Nc2ccncc2)CC1. The third kappa shape index (κ3) is 4.34. The van der Waals surface area contributed by atoms with Gasteiger partial charge in [-0.1, -0.05) is 41.9 Å². The van der Waals surface area contributed by atoms with Crippen molar-refractivity contribution in [1.82, 2.24) is 14.5 Å². The van der Waals surface area contributed by atoms with Gasteiger partial charge in [0.15, 0.2) is 0 Å². The highest BCUT2D eigenvalue weighted by Gasteiger charge is 2.26. The third-order valence-electron chi connectivity index (χ3n) is 6.12. The predicted octanol–water partition coefficient (Wildman–Crippen LogP) is 5.45. The second kappa shape index (κ2) is 9.05. The van der Waals surface area contributed by atoms with E-state index < -0.39 is 0 Å². The van der Waals surface area contributed by atoms with Gasteiger partial charge in [-0.05, 0) is 54.8 Å². The first kappa shape index (κ1) is 20.6. The zero-order valence-corrected chi connectivity index (χ0v) is 18.5. The van der Waals surface area contributed by atoms with Crippen LogP contribution in [-0.2, 0) is 6.54 Å². The highest BCUT2D eigenvalue weighted by molar-refractivity contribution is 6.30. The predicted molar refractivity (Wildman–Crippen MR) is 129 cm³/mol. The molecular formula is C26H25ClN4O. The van der Waals surface area contributed by atoms with Gasteiger partial charge in [0.25, 0.3) is 5.91 Å². The number of hydrogen-bond acceptors (Lipinski definition) is 3. The molecule has 32 heavy (non-hydrogen) atoms. The van der Waals surface area contributed by atoms with Gasteiger partial charge in [0, 0.05) is 59.7 Å². The van der Waals surface area contributed by atoms with Crippen LogP contribution in [0.1, 0.15) is 28.9 Å². The largest absolute Gasteiger partial charge is 0.382 e. The number of piperidine rings is 1. The number of amides is 1. The van der Waals surface area contributed by atoms with Crippen molar-refractivity contribution >= 4 is 34.1 Å². The maximum atomic E-state index is 13.6. The molecule has 1 aliphatic rings. The Labute approximate surface area is 192 Å². The van der Waals surface area contributed by atoms with Gasteiger partial charge >= 0.3 is 0 Å². The Morgan fingerprint density at radius 3 is 2.47 bits per heavy atom. The number of aromatic nitrogens is 2. The van der Waals surface area contributed by atoms with E-state index in [2.05, 4.69) is 27.0 Å². The van der Waals surface area contributed by atoms with Gasteiger partial charge in [0.1, 0.15) is 5.69 Å². The van der Waals surface area contributed by atoms with Crippen LogP contribution < -0.4 is 5.32 Å². The molecule has 0 aliphatic carbocycles. The fraction of sp³-hybridized carbons (Fsp3) is 0.231. The second-order valence-electron chi connectivity index (χ2n) is 8.25. The number of halogens is 1. The van der Waals surface area contributed by atoms with E-state index in [4.69, 9.17) is 11.6 Å². The maximum Gasteiger partial charge on any atom is 0.270 e. The van der Waals surface area contributed by atoms with E-state index in [1.807, 2.05) is 59.5 Å². The monoisotopic (exact) mass is 444 g/mol. The molecule has 0 radical (unpaired) electrons. The number of para-hydroxylation sites is 1. The van der Waals surface area contributed by atoms with Crippen molar-refractivity contribution in [3.8, 4) is 0 Å². The molecule has 1 aliphatic heterocycles. The van der Waals surface area contributed by atoms with Crippen molar-refractivity contribution in [2.75, 3.05) is 18.4 Å². The molecule has 2 aromatic carbocycles. The standard InChI is InChI=1S/C26H25ClN4O/c27-21-7-5-19(6-8-21)18-31-24-4-2-1-3-20(24)17-25(31)26(32)30-15-11-23(12-16-30)29-22-9-13-28-14-10-22/h1-10,13-14,17,23H,11-12,15-16,18H2,(H,28,29).